The molecular weight excluding hydrogens is 336 g/mol. The zero-order valence-corrected chi connectivity index (χ0v) is 14.0. The molecule has 0 unspecified atom stereocenters. The second-order valence-corrected chi connectivity index (χ2v) is 6.17. The van der Waals surface area contributed by atoms with E-state index in [9.17, 15) is 14.9 Å². The molecule has 0 bridgehead atoms. The number of rotatable bonds is 4. The van der Waals surface area contributed by atoms with Crippen molar-refractivity contribution in [3.63, 3.8) is 0 Å². The molecule has 0 spiro atoms. The number of nitrogens with zero attached hydrogens (tertiary/aromatic N) is 1. The van der Waals surface area contributed by atoms with Crippen LogP contribution in [0, 0.1) is 18.3 Å². The number of nitrogens with one attached hydrogen (secondary N) is 1. The number of methoxy groups -OCH3 is 1. The van der Waals surface area contributed by atoms with E-state index in [1.807, 2.05) is 6.07 Å². The van der Waals surface area contributed by atoms with Crippen molar-refractivity contribution in [1.29, 1.82) is 5.26 Å². The average Bonchev–Trinajstić information content (AvgIpc) is 2.84. The summed E-state index contributed by atoms with van der Waals surface area (Å²) in [5.74, 6) is -0.802. The zero-order valence-electron chi connectivity index (χ0n) is 12.5. The molecular formula is C16H13ClN2O3S. The third kappa shape index (κ3) is 3.89. The van der Waals surface area contributed by atoms with E-state index in [0.717, 1.165) is 16.9 Å². The predicted octanol–water partition coefficient (Wildman–Crippen LogP) is 3.55. The highest BCUT2D eigenvalue weighted by molar-refractivity contribution is 7.18. The third-order valence-electron chi connectivity index (χ3n) is 3.16. The number of thiophene rings is 1. The molecule has 1 amide bonds. The van der Waals surface area contributed by atoms with Gasteiger partial charge in [0.2, 0.25) is 5.91 Å². The summed E-state index contributed by atoms with van der Waals surface area (Å²) in [7, 11) is 1.27. The highest BCUT2D eigenvalue weighted by atomic mass is 35.5. The Kier molecular flexibility index (Phi) is 5.37. The van der Waals surface area contributed by atoms with Gasteiger partial charge in [-0.25, -0.2) is 4.79 Å². The summed E-state index contributed by atoms with van der Waals surface area (Å²) in [5, 5.41) is 12.9. The normalized spacial score (nSPS) is 10.0. The van der Waals surface area contributed by atoms with Crippen molar-refractivity contribution < 1.29 is 14.3 Å². The predicted molar refractivity (Wildman–Crippen MR) is 88.9 cm³/mol. The quantitative estimate of drug-likeness (QED) is 0.857. The number of halogens is 1. The van der Waals surface area contributed by atoms with Gasteiger partial charge in [0.15, 0.2) is 0 Å². The first-order chi connectivity index (χ1) is 11.0. The lowest BCUT2D eigenvalue weighted by Gasteiger charge is -2.04. The number of carbonyl (C=O) groups excluding carboxylic acids is 2. The van der Waals surface area contributed by atoms with Crippen LogP contribution in [0.1, 0.15) is 26.4 Å². The van der Waals surface area contributed by atoms with Crippen LogP contribution in [-0.4, -0.2) is 19.0 Å². The summed E-state index contributed by atoms with van der Waals surface area (Å²) >= 11 is 6.84. The van der Waals surface area contributed by atoms with Gasteiger partial charge in [0.25, 0.3) is 0 Å². The number of anilines is 1. The maximum absolute atomic E-state index is 12.1. The van der Waals surface area contributed by atoms with E-state index in [2.05, 4.69) is 10.1 Å². The lowest BCUT2D eigenvalue weighted by Crippen LogP contribution is -2.14. The second kappa shape index (κ2) is 7.27. The van der Waals surface area contributed by atoms with Gasteiger partial charge in [-0.2, -0.15) is 5.26 Å². The Labute approximate surface area is 142 Å². The summed E-state index contributed by atoms with van der Waals surface area (Å²) in [6, 6.07) is 8.93. The van der Waals surface area contributed by atoms with Crippen molar-refractivity contribution in [3.8, 4) is 6.07 Å². The van der Waals surface area contributed by atoms with Crippen LogP contribution in [-0.2, 0) is 16.0 Å². The van der Waals surface area contributed by atoms with Gasteiger partial charge in [0, 0.05) is 5.02 Å². The molecule has 23 heavy (non-hydrogen) atoms. The Morgan fingerprint density at radius 3 is 2.57 bits per heavy atom. The topological polar surface area (TPSA) is 79.2 Å². The molecule has 0 saturated carbocycles. The van der Waals surface area contributed by atoms with Crippen LogP contribution in [0.3, 0.4) is 0 Å². The van der Waals surface area contributed by atoms with E-state index in [1.54, 1.807) is 31.2 Å². The fraction of sp³-hybridized carbons (Fsp3) is 0.188. The van der Waals surface area contributed by atoms with Crippen LogP contribution in [0.2, 0.25) is 5.02 Å². The van der Waals surface area contributed by atoms with E-state index in [4.69, 9.17) is 11.6 Å². The molecule has 0 aliphatic carbocycles. The van der Waals surface area contributed by atoms with Crippen molar-refractivity contribution in [2.24, 2.45) is 0 Å². The highest BCUT2D eigenvalue weighted by Crippen LogP contribution is 2.33. The molecule has 0 aliphatic heterocycles. The SMILES string of the molecule is COC(=O)c1sc(NC(=O)Cc2ccc(Cl)cc2)c(C#N)c1C. The molecule has 0 aliphatic rings. The maximum Gasteiger partial charge on any atom is 0.348 e. The minimum Gasteiger partial charge on any atom is -0.465 e. The van der Waals surface area contributed by atoms with Crippen molar-refractivity contribution in [1.82, 2.24) is 0 Å². The molecule has 2 aromatic rings. The molecule has 1 heterocycles. The lowest BCUT2D eigenvalue weighted by molar-refractivity contribution is -0.115. The zero-order chi connectivity index (χ0) is 17.0. The summed E-state index contributed by atoms with van der Waals surface area (Å²) in [4.78, 5) is 24.1. The molecule has 2 rings (SSSR count). The van der Waals surface area contributed by atoms with Crippen LogP contribution in [0.25, 0.3) is 0 Å². The smallest absolute Gasteiger partial charge is 0.348 e. The number of amides is 1. The first-order valence-corrected chi connectivity index (χ1v) is 7.81. The lowest BCUT2D eigenvalue weighted by atomic mass is 10.1. The molecule has 5 nitrogen and oxygen atoms in total. The third-order valence-corrected chi connectivity index (χ3v) is 4.60. The first kappa shape index (κ1) is 17.0. The number of carbonyl (C=O) groups is 2. The fourth-order valence-electron chi connectivity index (χ4n) is 1.98. The molecule has 0 saturated heterocycles. The standard InChI is InChI=1S/C16H13ClN2O3S/c1-9-12(8-18)15(23-14(9)16(21)22-2)19-13(20)7-10-3-5-11(17)6-4-10/h3-6H,7H2,1-2H3,(H,19,20). The molecule has 1 N–H and O–H groups in total. The summed E-state index contributed by atoms with van der Waals surface area (Å²) in [5.41, 5.74) is 1.58. The van der Waals surface area contributed by atoms with Crippen LogP contribution in [0.4, 0.5) is 5.00 Å². The second-order valence-electron chi connectivity index (χ2n) is 4.72. The van der Waals surface area contributed by atoms with E-state index < -0.39 is 5.97 Å². The molecule has 0 fully saturated rings. The highest BCUT2D eigenvalue weighted by Gasteiger charge is 2.21. The first-order valence-electron chi connectivity index (χ1n) is 6.62. The van der Waals surface area contributed by atoms with E-state index in [1.165, 1.54) is 7.11 Å². The number of hydrogen-bond donors (Lipinski definition) is 1. The van der Waals surface area contributed by atoms with Gasteiger partial charge in [-0.3, -0.25) is 4.79 Å². The summed E-state index contributed by atoms with van der Waals surface area (Å²) < 4.78 is 4.68. The Morgan fingerprint density at radius 2 is 2.00 bits per heavy atom. The Morgan fingerprint density at radius 1 is 1.35 bits per heavy atom. The van der Waals surface area contributed by atoms with Gasteiger partial charge >= 0.3 is 5.97 Å². The fourth-order valence-corrected chi connectivity index (χ4v) is 3.20. The molecule has 118 valence electrons. The van der Waals surface area contributed by atoms with Crippen molar-refractivity contribution in [2.45, 2.75) is 13.3 Å². The van der Waals surface area contributed by atoms with Crippen LogP contribution < -0.4 is 5.32 Å². The van der Waals surface area contributed by atoms with Gasteiger partial charge in [0.05, 0.1) is 19.1 Å². The molecule has 7 heteroatoms. The number of benzene rings is 1. The van der Waals surface area contributed by atoms with Gasteiger partial charge in [0.1, 0.15) is 15.9 Å². The number of esters is 1. The minimum absolute atomic E-state index is 0.145. The maximum atomic E-state index is 12.1. The van der Waals surface area contributed by atoms with Crippen molar-refractivity contribution in [2.75, 3.05) is 12.4 Å². The average molecular weight is 349 g/mol. The summed E-state index contributed by atoms with van der Waals surface area (Å²) in [6.45, 7) is 1.65. The largest absolute Gasteiger partial charge is 0.465 e. The van der Waals surface area contributed by atoms with E-state index in [-0.39, 0.29) is 17.9 Å². The Balaban J connectivity index is 2.19. The van der Waals surface area contributed by atoms with Gasteiger partial charge < -0.3 is 10.1 Å². The number of hydrogen-bond acceptors (Lipinski definition) is 5. The van der Waals surface area contributed by atoms with Gasteiger partial charge in [-0.05, 0) is 30.2 Å². The molecule has 0 radical (unpaired) electrons. The van der Waals surface area contributed by atoms with Crippen LogP contribution in [0.15, 0.2) is 24.3 Å². The van der Waals surface area contributed by atoms with Crippen LogP contribution >= 0.6 is 22.9 Å². The number of nitriles is 1. The minimum atomic E-state index is -0.526. The summed E-state index contributed by atoms with van der Waals surface area (Å²) in [6.07, 6.45) is 0.145. The molecule has 0 atom stereocenters. The van der Waals surface area contributed by atoms with E-state index in [0.29, 0.717) is 20.5 Å². The van der Waals surface area contributed by atoms with E-state index >= 15 is 0 Å². The molecule has 1 aromatic heterocycles. The Hall–Kier alpha value is -2.36. The molecule has 1 aromatic carbocycles. The van der Waals surface area contributed by atoms with Crippen LogP contribution in [0.5, 0.6) is 0 Å². The Bertz CT molecular complexity index is 791. The number of ether oxygens (including phenoxy) is 1. The monoisotopic (exact) mass is 348 g/mol. The van der Waals surface area contributed by atoms with Crippen molar-refractivity contribution in [3.05, 3.63) is 50.9 Å². The van der Waals surface area contributed by atoms with Gasteiger partial charge in [-0.15, -0.1) is 11.3 Å². The van der Waals surface area contributed by atoms with Crippen molar-refractivity contribution >= 4 is 39.8 Å². The van der Waals surface area contributed by atoms with Gasteiger partial charge in [-0.1, -0.05) is 23.7 Å².